The second kappa shape index (κ2) is 9.41. The molecule has 0 bridgehead atoms. The SMILES string of the molecule is CCS(=O)(=O)N1Cc2ccccc2CC1C(=O)NCCCN(C)c1ccccc1. The van der Waals surface area contributed by atoms with E-state index in [1.165, 1.54) is 4.31 Å². The highest BCUT2D eigenvalue weighted by molar-refractivity contribution is 7.89. The molecule has 0 fully saturated rings. The fourth-order valence-electron chi connectivity index (χ4n) is 3.64. The number of hydrogen-bond donors (Lipinski definition) is 1. The molecule has 2 aromatic carbocycles. The van der Waals surface area contributed by atoms with E-state index < -0.39 is 16.1 Å². The number of nitrogens with zero attached hydrogens (tertiary/aromatic N) is 2. The van der Waals surface area contributed by atoms with Crippen molar-refractivity contribution < 1.29 is 13.2 Å². The first-order chi connectivity index (χ1) is 13.9. The van der Waals surface area contributed by atoms with Gasteiger partial charge >= 0.3 is 0 Å². The molecule has 1 aliphatic rings. The number of sulfonamides is 1. The largest absolute Gasteiger partial charge is 0.375 e. The van der Waals surface area contributed by atoms with Crippen molar-refractivity contribution in [2.24, 2.45) is 0 Å². The summed E-state index contributed by atoms with van der Waals surface area (Å²) in [6.45, 7) is 3.17. The Hall–Kier alpha value is -2.38. The van der Waals surface area contributed by atoms with Gasteiger partial charge in [0.2, 0.25) is 15.9 Å². The zero-order chi connectivity index (χ0) is 20.9. The van der Waals surface area contributed by atoms with Crippen LogP contribution in [0.4, 0.5) is 5.69 Å². The Morgan fingerprint density at radius 3 is 2.45 bits per heavy atom. The Morgan fingerprint density at radius 2 is 1.76 bits per heavy atom. The van der Waals surface area contributed by atoms with E-state index in [1.807, 2.05) is 61.6 Å². The minimum absolute atomic E-state index is 0.0131. The molecule has 0 radical (unpaired) electrons. The van der Waals surface area contributed by atoms with Gasteiger partial charge in [0, 0.05) is 32.4 Å². The van der Waals surface area contributed by atoms with Gasteiger partial charge < -0.3 is 10.2 Å². The first-order valence-electron chi connectivity index (χ1n) is 10.0. The molecule has 156 valence electrons. The van der Waals surface area contributed by atoms with Crippen molar-refractivity contribution in [2.45, 2.75) is 32.4 Å². The molecule has 3 rings (SSSR count). The van der Waals surface area contributed by atoms with Crippen LogP contribution in [-0.4, -0.2) is 50.6 Å². The van der Waals surface area contributed by atoms with Gasteiger partial charge in [0.15, 0.2) is 0 Å². The molecule has 1 atom stereocenters. The molecule has 1 amide bonds. The van der Waals surface area contributed by atoms with Gasteiger partial charge in [0.1, 0.15) is 6.04 Å². The van der Waals surface area contributed by atoms with Gasteiger partial charge in [-0.3, -0.25) is 4.79 Å². The van der Waals surface area contributed by atoms with Crippen molar-refractivity contribution in [2.75, 3.05) is 30.8 Å². The van der Waals surface area contributed by atoms with Crippen molar-refractivity contribution in [3.8, 4) is 0 Å². The standard InChI is InChI=1S/C22H29N3O3S/c1-3-29(27,28)25-17-19-11-8-7-10-18(19)16-21(25)22(26)23-14-9-15-24(2)20-12-5-4-6-13-20/h4-8,10-13,21H,3,9,14-17H2,1-2H3,(H,23,26). The van der Waals surface area contributed by atoms with Crippen LogP contribution in [0.5, 0.6) is 0 Å². The van der Waals surface area contributed by atoms with Gasteiger partial charge in [-0.25, -0.2) is 8.42 Å². The van der Waals surface area contributed by atoms with Crippen LogP contribution in [0, 0.1) is 0 Å². The summed E-state index contributed by atoms with van der Waals surface area (Å²) in [5, 5.41) is 2.94. The van der Waals surface area contributed by atoms with Gasteiger partial charge in [-0.1, -0.05) is 42.5 Å². The van der Waals surface area contributed by atoms with Crippen molar-refractivity contribution in [1.29, 1.82) is 0 Å². The van der Waals surface area contributed by atoms with Crippen LogP contribution in [0.15, 0.2) is 54.6 Å². The molecule has 0 aliphatic carbocycles. The van der Waals surface area contributed by atoms with Crippen molar-refractivity contribution in [3.63, 3.8) is 0 Å². The second-order valence-corrected chi connectivity index (χ2v) is 9.55. The molecular formula is C22H29N3O3S. The third kappa shape index (κ3) is 5.16. The minimum Gasteiger partial charge on any atom is -0.375 e. The van der Waals surface area contributed by atoms with Crippen LogP contribution in [0.2, 0.25) is 0 Å². The lowest BCUT2D eigenvalue weighted by Gasteiger charge is -2.34. The van der Waals surface area contributed by atoms with Gasteiger partial charge in [-0.15, -0.1) is 0 Å². The predicted molar refractivity (Wildman–Crippen MR) is 116 cm³/mol. The van der Waals surface area contributed by atoms with Crippen molar-refractivity contribution in [1.82, 2.24) is 9.62 Å². The van der Waals surface area contributed by atoms with Gasteiger partial charge in [-0.2, -0.15) is 4.31 Å². The molecule has 29 heavy (non-hydrogen) atoms. The summed E-state index contributed by atoms with van der Waals surface area (Å²) in [7, 11) is -1.46. The van der Waals surface area contributed by atoms with Crippen LogP contribution in [0.25, 0.3) is 0 Å². The molecule has 0 spiro atoms. The van der Waals surface area contributed by atoms with Gasteiger partial charge in [0.25, 0.3) is 0 Å². The first kappa shape index (κ1) is 21.3. The maximum absolute atomic E-state index is 12.9. The van der Waals surface area contributed by atoms with E-state index >= 15 is 0 Å². The number of hydrogen-bond acceptors (Lipinski definition) is 4. The minimum atomic E-state index is -3.47. The van der Waals surface area contributed by atoms with E-state index in [1.54, 1.807) is 6.92 Å². The lowest BCUT2D eigenvalue weighted by Crippen LogP contribution is -2.53. The van der Waals surface area contributed by atoms with E-state index in [2.05, 4.69) is 10.2 Å². The monoisotopic (exact) mass is 415 g/mol. The maximum atomic E-state index is 12.9. The highest BCUT2D eigenvalue weighted by Gasteiger charge is 2.37. The summed E-state index contributed by atoms with van der Waals surface area (Å²) in [4.78, 5) is 15.0. The smallest absolute Gasteiger partial charge is 0.238 e. The summed E-state index contributed by atoms with van der Waals surface area (Å²) in [6.07, 6.45) is 1.19. The molecule has 6 nitrogen and oxygen atoms in total. The number of anilines is 1. The molecule has 0 saturated heterocycles. The first-order valence-corrected chi connectivity index (χ1v) is 11.6. The third-order valence-corrected chi connectivity index (χ3v) is 7.22. The predicted octanol–water partition coefficient (Wildman–Crippen LogP) is 2.41. The molecular weight excluding hydrogens is 386 g/mol. The lowest BCUT2D eigenvalue weighted by molar-refractivity contribution is -0.125. The van der Waals surface area contributed by atoms with Crippen LogP contribution < -0.4 is 10.2 Å². The molecule has 1 unspecified atom stereocenters. The van der Waals surface area contributed by atoms with E-state index in [0.29, 0.717) is 13.0 Å². The molecule has 1 aliphatic heterocycles. The molecule has 1 N–H and O–H groups in total. The molecule has 1 heterocycles. The number of carbonyl (C=O) groups excluding carboxylic acids is 1. The fraction of sp³-hybridized carbons (Fsp3) is 0.409. The topological polar surface area (TPSA) is 69.7 Å². The summed E-state index contributed by atoms with van der Waals surface area (Å²) in [5.41, 5.74) is 3.14. The number of fused-ring (bicyclic) bond motifs is 1. The number of para-hydroxylation sites is 1. The lowest BCUT2D eigenvalue weighted by atomic mass is 9.95. The molecule has 0 saturated carbocycles. The highest BCUT2D eigenvalue weighted by Crippen LogP contribution is 2.26. The average molecular weight is 416 g/mol. The van der Waals surface area contributed by atoms with Gasteiger partial charge in [-0.05, 0) is 43.0 Å². The van der Waals surface area contributed by atoms with E-state index in [0.717, 1.165) is 29.8 Å². The Balaban J connectivity index is 1.60. The molecule has 7 heteroatoms. The Kier molecular flexibility index (Phi) is 6.92. The summed E-state index contributed by atoms with van der Waals surface area (Å²) in [5.74, 6) is -0.236. The second-order valence-electron chi connectivity index (χ2n) is 7.34. The van der Waals surface area contributed by atoms with E-state index in [4.69, 9.17) is 0 Å². The van der Waals surface area contributed by atoms with E-state index in [9.17, 15) is 13.2 Å². The number of amides is 1. The van der Waals surface area contributed by atoms with Crippen LogP contribution >= 0.6 is 0 Å². The summed E-state index contributed by atoms with van der Waals surface area (Å²) in [6, 6.07) is 17.1. The van der Waals surface area contributed by atoms with E-state index in [-0.39, 0.29) is 18.2 Å². The zero-order valence-electron chi connectivity index (χ0n) is 17.0. The van der Waals surface area contributed by atoms with Gasteiger partial charge in [0.05, 0.1) is 5.75 Å². The summed E-state index contributed by atoms with van der Waals surface area (Å²) >= 11 is 0. The number of nitrogens with one attached hydrogen (secondary N) is 1. The normalized spacial score (nSPS) is 16.8. The number of rotatable bonds is 8. The Morgan fingerprint density at radius 1 is 1.10 bits per heavy atom. The number of benzene rings is 2. The fourth-order valence-corrected chi connectivity index (χ4v) is 4.86. The maximum Gasteiger partial charge on any atom is 0.238 e. The van der Waals surface area contributed by atoms with Crippen molar-refractivity contribution >= 4 is 21.6 Å². The third-order valence-electron chi connectivity index (χ3n) is 5.40. The highest BCUT2D eigenvalue weighted by atomic mass is 32.2. The zero-order valence-corrected chi connectivity index (χ0v) is 17.9. The average Bonchev–Trinajstić information content (AvgIpc) is 2.76. The quantitative estimate of drug-likeness (QED) is 0.672. The molecule has 0 aromatic heterocycles. The van der Waals surface area contributed by atoms with Crippen LogP contribution in [0.1, 0.15) is 24.5 Å². The van der Waals surface area contributed by atoms with Crippen molar-refractivity contribution in [3.05, 3.63) is 65.7 Å². The van der Waals surface area contributed by atoms with Crippen LogP contribution in [-0.2, 0) is 27.8 Å². The Labute approximate surface area is 173 Å². The Bertz CT molecular complexity index is 931. The van der Waals surface area contributed by atoms with Crippen LogP contribution in [0.3, 0.4) is 0 Å². The number of carbonyl (C=O) groups is 1. The molecule has 2 aromatic rings. The summed E-state index contributed by atoms with van der Waals surface area (Å²) < 4.78 is 26.6.